The number of sulfonamides is 1. The van der Waals surface area contributed by atoms with E-state index in [0.717, 1.165) is 42.3 Å². The fraction of sp³-hybridized carbons (Fsp3) is 0.667. The van der Waals surface area contributed by atoms with E-state index in [1.54, 1.807) is 11.4 Å². The second-order valence-electron chi connectivity index (χ2n) is 4.54. The molecule has 0 saturated carbocycles. The molecule has 2 rings (SSSR count). The Morgan fingerprint density at radius 1 is 1.37 bits per heavy atom. The maximum Gasteiger partial charge on any atom is 0.241 e. The van der Waals surface area contributed by atoms with E-state index >= 15 is 0 Å². The Labute approximate surface area is 123 Å². The summed E-state index contributed by atoms with van der Waals surface area (Å²) in [5.41, 5.74) is 0. The molecule has 0 aromatic carbocycles. The van der Waals surface area contributed by atoms with Crippen molar-refractivity contribution < 1.29 is 8.42 Å². The van der Waals surface area contributed by atoms with Crippen LogP contribution in [-0.4, -0.2) is 32.5 Å². The van der Waals surface area contributed by atoms with Crippen LogP contribution in [0.1, 0.15) is 24.6 Å². The molecule has 0 radical (unpaired) electrons. The van der Waals surface area contributed by atoms with Gasteiger partial charge in [-0.1, -0.05) is 6.92 Å². The topological polar surface area (TPSA) is 58.2 Å². The number of rotatable bonds is 6. The highest BCUT2D eigenvalue weighted by molar-refractivity contribution is 7.99. The molecule has 7 heteroatoms. The number of thioether (sulfide) groups is 1. The van der Waals surface area contributed by atoms with Crippen molar-refractivity contribution in [3.63, 3.8) is 0 Å². The van der Waals surface area contributed by atoms with Gasteiger partial charge < -0.3 is 5.32 Å². The Hall–Kier alpha value is -0.0800. The summed E-state index contributed by atoms with van der Waals surface area (Å²) in [5.74, 6) is 2.09. The average Bonchev–Trinajstić information content (AvgIpc) is 2.86. The highest BCUT2D eigenvalue weighted by Crippen LogP contribution is 2.22. The van der Waals surface area contributed by atoms with Crippen LogP contribution in [0.2, 0.25) is 0 Å². The summed E-state index contributed by atoms with van der Waals surface area (Å²) in [4.78, 5) is 1.46. The van der Waals surface area contributed by atoms with Crippen molar-refractivity contribution in [1.82, 2.24) is 10.0 Å². The fourth-order valence-electron chi connectivity index (χ4n) is 1.95. The maximum atomic E-state index is 12.3. The van der Waals surface area contributed by atoms with Crippen molar-refractivity contribution in [3.05, 3.63) is 16.3 Å². The minimum absolute atomic E-state index is 0.100. The van der Waals surface area contributed by atoms with Gasteiger partial charge in [-0.25, -0.2) is 13.1 Å². The minimum atomic E-state index is -3.34. The van der Waals surface area contributed by atoms with Gasteiger partial charge in [0, 0.05) is 22.8 Å². The van der Waals surface area contributed by atoms with E-state index in [9.17, 15) is 8.42 Å². The van der Waals surface area contributed by atoms with Crippen LogP contribution in [0.3, 0.4) is 0 Å². The Bertz CT molecular complexity index is 493. The van der Waals surface area contributed by atoms with Gasteiger partial charge in [0.25, 0.3) is 0 Å². The third-order valence-electron chi connectivity index (χ3n) is 3.03. The first-order valence-corrected chi connectivity index (χ1v) is 10.0. The van der Waals surface area contributed by atoms with E-state index in [2.05, 4.69) is 10.0 Å². The van der Waals surface area contributed by atoms with Gasteiger partial charge in [-0.2, -0.15) is 11.8 Å². The molecule has 1 aliphatic rings. The zero-order valence-electron chi connectivity index (χ0n) is 11.0. The summed E-state index contributed by atoms with van der Waals surface area (Å²) in [6.07, 6.45) is 1.86. The Morgan fingerprint density at radius 2 is 2.11 bits per heavy atom. The van der Waals surface area contributed by atoms with Crippen molar-refractivity contribution >= 4 is 33.1 Å². The predicted octanol–water partition coefficient (Wildman–Crippen LogP) is 2.03. The van der Waals surface area contributed by atoms with Crippen LogP contribution in [0.4, 0.5) is 0 Å². The third kappa shape index (κ3) is 4.46. The van der Waals surface area contributed by atoms with E-state index < -0.39 is 10.0 Å². The SMILES string of the molecule is CCNCc1cc(S(=O)(=O)NC2CCSCC2)cs1. The molecule has 1 aliphatic heterocycles. The standard InChI is InChI=1S/C12H20N2O2S3/c1-2-13-8-11-7-12(9-18-11)19(15,16)14-10-3-5-17-6-4-10/h7,9-10,13-14H,2-6,8H2,1H3. The van der Waals surface area contributed by atoms with Crippen molar-refractivity contribution in [2.24, 2.45) is 0 Å². The molecule has 2 heterocycles. The Morgan fingerprint density at radius 3 is 2.79 bits per heavy atom. The van der Waals surface area contributed by atoms with Crippen LogP contribution in [-0.2, 0) is 16.6 Å². The van der Waals surface area contributed by atoms with E-state index in [0.29, 0.717) is 4.90 Å². The lowest BCUT2D eigenvalue weighted by Gasteiger charge is -2.21. The number of nitrogens with one attached hydrogen (secondary N) is 2. The van der Waals surface area contributed by atoms with E-state index in [1.807, 2.05) is 18.7 Å². The molecule has 108 valence electrons. The summed E-state index contributed by atoms with van der Waals surface area (Å²) in [6.45, 7) is 3.66. The molecule has 0 bridgehead atoms. The van der Waals surface area contributed by atoms with Gasteiger partial charge in [0.15, 0.2) is 0 Å². The second-order valence-corrected chi connectivity index (χ2v) is 8.47. The summed E-state index contributed by atoms with van der Waals surface area (Å²) in [5, 5.41) is 4.93. The van der Waals surface area contributed by atoms with Crippen LogP contribution in [0.5, 0.6) is 0 Å². The maximum absolute atomic E-state index is 12.3. The Balaban J connectivity index is 1.99. The highest BCUT2D eigenvalue weighted by atomic mass is 32.2. The van der Waals surface area contributed by atoms with Gasteiger partial charge in [-0.15, -0.1) is 11.3 Å². The molecular weight excluding hydrogens is 300 g/mol. The summed E-state index contributed by atoms with van der Waals surface area (Å²) >= 11 is 3.39. The van der Waals surface area contributed by atoms with Crippen molar-refractivity contribution in [2.75, 3.05) is 18.1 Å². The molecule has 0 atom stereocenters. The largest absolute Gasteiger partial charge is 0.312 e. The molecule has 4 nitrogen and oxygen atoms in total. The molecule has 1 aromatic heterocycles. The normalized spacial score (nSPS) is 17.7. The van der Waals surface area contributed by atoms with Crippen LogP contribution in [0.15, 0.2) is 16.3 Å². The van der Waals surface area contributed by atoms with E-state index in [-0.39, 0.29) is 6.04 Å². The molecule has 0 amide bonds. The first kappa shape index (κ1) is 15.3. The molecule has 1 fully saturated rings. The molecule has 1 saturated heterocycles. The summed E-state index contributed by atoms with van der Waals surface area (Å²) in [6, 6.07) is 1.87. The monoisotopic (exact) mass is 320 g/mol. The zero-order chi connectivity index (χ0) is 13.7. The Kier molecular flexibility index (Phi) is 5.70. The number of thiophene rings is 1. The average molecular weight is 321 g/mol. The van der Waals surface area contributed by atoms with Gasteiger partial charge in [0.05, 0.1) is 4.90 Å². The molecule has 19 heavy (non-hydrogen) atoms. The first-order valence-electron chi connectivity index (χ1n) is 6.50. The fourth-order valence-corrected chi connectivity index (χ4v) is 5.60. The van der Waals surface area contributed by atoms with E-state index in [4.69, 9.17) is 0 Å². The third-order valence-corrected chi connectivity index (χ3v) is 6.67. The van der Waals surface area contributed by atoms with Gasteiger partial charge in [-0.05, 0) is 37.0 Å². The first-order chi connectivity index (χ1) is 9.12. The number of hydrogen-bond donors (Lipinski definition) is 2. The van der Waals surface area contributed by atoms with Crippen LogP contribution in [0, 0.1) is 0 Å². The molecule has 0 unspecified atom stereocenters. The summed E-state index contributed by atoms with van der Waals surface area (Å²) in [7, 11) is -3.34. The zero-order valence-corrected chi connectivity index (χ0v) is 13.5. The number of hydrogen-bond acceptors (Lipinski definition) is 5. The quantitative estimate of drug-likeness (QED) is 0.842. The lowest BCUT2D eigenvalue weighted by molar-refractivity contribution is 0.529. The van der Waals surface area contributed by atoms with Gasteiger partial charge in [0.1, 0.15) is 0 Å². The van der Waals surface area contributed by atoms with Crippen LogP contribution in [0.25, 0.3) is 0 Å². The minimum Gasteiger partial charge on any atom is -0.312 e. The van der Waals surface area contributed by atoms with Gasteiger partial charge in [0.2, 0.25) is 10.0 Å². The van der Waals surface area contributed by atoms with Crippen molar-refractivity contribution in [1.29, 1.82) is 0 Å². The van der Waals surface area contributed by atoms with Crippen molar-refractivity contribution in [3.8, 4) is 0 Å². The van der Waals surface area contributed by atoms with Gasteiger partial charge in [-0.3, -0.25) is 0 Å². The highest BCUT2D eigenvalue weighted by Gasteiger charge is 2.22. The predicted molar refractivity (Wildman–Crippen MR) is 82.4 cm³/mol. The van der Waals surface area contributed by atoms with Gasteiger partial charge >= 0.3 is 0 Å². The second kappa shape index (κ2) is 7.08. The smallest absolute Gasteiger partial charge is 0.241 e. The summed E-state index contributed by atoms with van der Waals surface area (Å²) < 4.78 is 27.3. The molecule has 1 aromatic rings. The molecule has 2 N–H and O–H groups in total. The van der Waals surface area contributed by atoms with Crippen LogP contribution < -0.4 is 10.0 Å². The molecule has 0 aliphatic carbocycles. The van der Waals surface area contributed by atoms with Crippen LogP contribution >= 0.6 is 23.1 Å². The lowest BCUT2D eigenvalue weighted by Crippen LogP contribution is -2.37. The van der Waals surface area contributed by atoms with E-state index in [1.165, 1.54) is 11.3 Å². The molecular formula is C12H20N2O2S3. The van der Waals surface area contributed by atoms with Crippen molar-refractivity contribution in [2.45, 2.75) is 37.2 Å². The molecule has 0 spiro atoms. The lowest BCUT2D eigenvalue weighted by atomic mass is 10.2.